The summed E-state index contributed by atoms with van der Waals surface area (Å²) < 4.78 is 56.8. The normalized spacial score (nSPS) is 21.6. The van der Waals surface area contributed by atoms with Crippen LogP contribution in [0.3, 0.4) is 0 Å². The zero-order valence-corrected chi connectivity index (χ0v) is 17.9. The van der Waals surface area contributed by atoms with Gasteiger partial charge in [0.2, 0.25) is 4.38 Å². The van der Waals surface area contributed by atoms with E-state index < -0.39 is 41.4 Å². The van der Waals surface area contributed by atoms with E-state index in [9.17, 15) is 22.8 Å². The Balaban J connectivity index is 2.17. The third kappa shape index (κ3) is 6.60. The summed E-state index contributed by atoms with van der Waals surface area (Å²) in [5.41, 5.74) is -4.05. The predicted molar refractivity (Wildman–Crippen MR) is 109 cm³/mol. The van der Waals surface area contributed by atoms with Crippen molar-refractivity contribution in [3.63, 3.8) is 0 Å². The number of halogens is 3. The predicted octanol–water partition coefficient (Wildman–Crippen LogP) is 2.55. The number of aromatic nitrogens is 2. The van der Waals surface area contributed by atoms with E-state index in [0.717, 1.165) is 5.75 Å². The van der Waals surface area contributed by atoms with E-state index in [-0.39, 0.29) is 19.6 Å². The molecule has 0 aliphatic carbocycles. The Kier molecular flexibility index (Phi) is 8.54. The van der Waals surface area contributed by atoms with E-state index in [4.69, 9.17) is 32.9 Å². The first kappa shape index (κ1) is 24.5. The van der Waals surface area contributed by atoms with E-state index in [2.05, 4.69) is 5.92 Å². The summed E-state index contributed by atoms with van der Waals surface area (Å²) in [4.78, 5) is 25.2. The smallest absolute Gasteiger partial charge is 0.423 e. The number of terminal acetylenes is 1. The summed E-state index contributed by atoms with van der Waals surface area (Å²) in [7, 11) is 0. The topological polar surface area (TPSA) is 82.6 Å². The minimum Gasteiger partial charge on any atom is -0.476 e. The molecule has 7 nitrogen and oxygen atoms in total. The van der Waals surface area contributed by atoms with Crippen molar-refractivity contribution < 1.29 is 27.4 Å². The molecule has 1 aromatic rings. The molecule has 1 saturated heterocycles. The summed E-state index contributed by atoms with van der Waals surface area (Å²) in [6.45, 7) is 3.97. The lowest BCUT2D eigenvalue weighted by atomic mass is 10.2. The first-order valence-electron chi connectivity index (χ1n) is 8.95. The molecule has 0 radical (unpaired) electrons. The van der Waals surface area contributed by atoms with Crippen LogP contribution in [0.4, 0.5) is 13.2 Å². The molecular formula is C18H21F3N2O5S2. The van der Waals surface area contributed by atoms with E-state index in [0.29, 0.717) is 21.1 Å². The van der Waals surface area contributed by atoms with Gasteiger partial charge in [-0.15, -0.1) is 6.42 Å². The second-order valence-electron chi connectivity index (χ2n) is 6.89. The maximum Gasteiger partial charge on any atom is 0.423 e. The largest absolute Gasteiger partial charge is 0.476 e. The molecule has 1 N–H and O–H groups in total. The number of ether oxygens (including phenoxy) is 3. The highest BCUT2D eigenvalue weighted by atomic mass is 32.2. The number of nitrogens with one attached hydrogen (secondary N) is 1. The average molecular weight is 467 g/mol. The minimum absolute atomic E-state index is 0.0279. The minimum atomic E-state index is -4.93. The van der Waals surface area contributed by atoms with Crippen molar-refractivity contribution in [2.24, 2.45) is 5.92 Å². The second-order valence-corrected chi connectivity index (χ2v) is 8.51. The molecule has 1 fully saturated rings. The number of hydrogen-bond donors (Lipinski definition) is 1. The van der Waals surface area contributed by atoms with Crippen molar-refractivity contribution in [3.8, 4) is 12.3 Å². The molecule has 0 amide bonds. The Morgan fingerprint density at radius 3 is 2.80 bits per heavy atom. The van der Waals surface area contributed by atoms with Gasteiger partial charge in [0.05, 0.1) is 6.10 Å². The molecule has 0 aromatic carbocycles. The fraction of sp³-hybridized carbons (Fsp3) is 0.611. The number of nitrogens with zero attached hydrogens (tertiary/aromatic N) is 1. The van der Waals surface area contributed by atoms with Crippen LogP contribution in [0.2, 0.25) is 0 Å². The monoisotopic (exact) mass is 466 g/mol. The van der Waals surface area contributed by atoms with Gasteiger partial charge in [0.15, 0.2) is 0 Å². The van der Waals surface area contributed by atoms with Crippen LogP contribution in [0.15, 0.2) is 15.8 Å². The summed E-state index contributed by atoms with van der Waals surface area (Å²) >= 11 is 6.49. The van der Waals surface area contributed by atoms with E-state index in [1.807, 2.05) is 13.8 Å². The average Bonchev–Trinajstić information content (AvgIpc) is 3.04. The number of thiocarbonyl (C=S) groups is 1. The van der Waals surface area contributed by atoms with Crippen LogP contribution in [0.5, 0.6) is 0 Å². The number of aromatic amines is 1. The lowest BCUT2D eigenvalue weighted by Crippen LogP contribution is -2.36. The molecule has 0 bridgehead atoms. The highest BCUT2D eigenvalue weighted by Crippen LogP contribution is 2.32. The van der Waals surface area contributed by atoms with Crippen molar-refractivity contribution in [3.05, 3.63) is 32.6 Å². The Morgan fingerprint density at radius 1 is 1.50 bits per heavy atom. The van der Waals surface area contributed by atoms with Crippen LogP contribution in [-0.4, -0.2) is 45.1 Å². The van der Waals surface area contributed by atoms with E-state index in [1.54, 1.807) is 4.98 Å². The number of thioether (sulfide) groups is 1. The standard InChI is InChI=1S/C18H21F3N2O5S2/c1-4-5-26-12-6-14(28-13(12)8-27-17(29)30-9-10(2)3)23-7-11(18(19,20)21)15(24)22-16(23)25/h1,7,10,12-14H,5-6,8-9H2,2-3H3,(H,22,24,25)/t12-,13+,14+/m0/s1. The Hall–Kier alpha value is -1.81. The highest BCUT2D eigenvalue weighted by molar-refractivity contribution is 8.22. The molecule has 2 heterocycles. The van der Waals surface area contributed by atoms with Gasteiger partial charge in [-0.25, -0.2) is 4.79 Å². The maximum atomic E-state index is 13.0. The third-order valence-electron chi connectivity index (χ3n) is 4.04. The van der Waals surface area contributed by atoms with Crippen LogP contribution in [0.25, 0.3) is 0 Å². The van der Waals surface area contributed by atoms with Crippen molar-refractivity contribution in [2.75, 3.05) is 19.0 Å². The van der Waals surface area contributed by atoms with Crippen molar-refractivity contribution in [1.29, 1.82) is 0 Å². The van der Waals surface area contributed by atoms with Crippen LogP contribution in [0, 0.1) is 18.3 Å². The Bertz CT molecular complexity index is 907. The fourth-order valence-corrected chi connectivity index (χ4v) is 3.57. The van der Waals surface area contributed by atoms with Gasteiger partial charge in [0.25, 0.3) is 5.56 Å². The number of rotatable bonds is 7. The first-order chi connectivity index (χ1) is 14.0. The molecule has 1 aliphatic rings. The number of hydrogen-bond acceptors (Lipinski definition) is 7. The lowest BCUT2D eigenvalue weighted by Gasteiger charge is -2.19. The molecule has 0 unspecified atom stereocenters. The molecule has 1 aromatic heterocycles. The van der Waals surface area contributed by atoms with Crippen molar-refractivity contribution in [2.45, 2.75) is 44.9 Å². The SMILES string of the molecule is C#CCO[C@H]1C[C@H](n2cc(C(F)(F)F)c(=O)[nH]c2=O)O[C@@H]1COC(=S)SCC(C)C. The number of H-pyrrole nitrogens is 1. The van der Waals surface area contributed by atoms with Crippen LogP contribution in [-0.2, 0) is 20.4 Å². The van der Waals surface area contributed by atoms with Gasteiger partial charge in [-0.05, 0) is 18.1 Å². The van der Waals surface area contributed by atoms with Gasteiger partial charge < -0.3 is 14.2 Å². The van der Waals surface area contributed by atoms with E-state index in [1.165, 1.54) is 11.8 Å². The maximum absolute atomic E-state index is 13.0. The zero-order valence-electron chi connectivity index (χ0n) is 16.2. The first-order valence-corrected chi connectivity index (χ1v) is 10.3. The second kappa shape index (κ2) is 10.5. The Labute approximate surface area is 180 Å². The zero-order chi connectivity index (χ0) is 22.5. The van der Waals surface area contributed by atoms with Crippen LogP contribution >= 0.6 is 24.0 Å². The lowest BCUT2D eigenvalue weighted by molar-refractivity contribution is -0.139. The molecule has 0 saturated carbocycles. The highest BCUT2D eigenvalue weighted by Gasteiger charge is 2.40. The summed E-state index contributed by atoms with van der Waals surface area (Å²) in [6, 6.07) is 0. The summed E-state index contributed by atoms with van der Waals surface area (Å²) in [5, 5.41) is 0. The molecule has 2 rings (SSSR count). The van der Waals surface area contributed by atoms with Gasteiger partial charge >= 0.3 is 11.9 Å². The van der Waals surface area contributed by atoms with Crippen molar-refractivity contribution >= 4 is 28.4 Å². The summed E-state index contributed by atoms with van der Waals surface area (Å²) in [5.74, 6) is 3.47. The molecule has 12 heteroatoms. The molecule has 1 aliphatic heterocycles. The van der Waals surface area contributed by atoms with Gasteiger partial charge in [-0.2, -0.15) is 13.2 Å². The summed E-state index contributed by atoms with van der Waals surface area (Å²) in [6.07, 6.45) is -1.73. The van der Waals surface area contributed by atoms with E-state index >= 15 is 0 Å². The molecule has 3 atom stereocenters. The van der Waals surface area contributed by atoms with Crippen LogP contribution in [0.1, 0.15) is 32.1 Å². The molecule has 166 valence electrons. The van der Waals surface area contributed by atoms with Crippen LogP contribution < -0.4 is 11.2 Å². The third-order valence-corrected chi connectivity index (χ3v) is 5.70. The quantitative estimate of drug-likeness (QED) is 0.489. The fourth-order valence-electron chi connectivity index (χ4n) is 2.68. The molecule has 30 heavy (non-hydrogen) atoms. The van der Waals surface area contributed by atoms with Gasteiger partial charge in [-0.3, -0.25) is 14.3 Å². The van der Waals surface area contributed by atoms with Gasteiger partial charge in [0.1, 0.15) is 31.1 Å². The Morgan fingerprint density at radius 2 is 2.20 bits per heavy atom. The van der Waals surface area contributed by atoms with Crippen molar-refractivity contribution in [1.82, 2.24) is 9.55 Å². The van der Waals surface area contributed by atoms with Gasteiger partial charge in [0, 0.05) is 18.4 Å². The molecule has 0 spiro atoms. The molecular weight excluding hydrogens is 445 g/mol. The number of alkyl halides is 3. The van der Waals surface area contributed by atoms with Gasteiger partial charge in [-0.1, -0.05) is 31.5 Å².